The number of hydrogen-bond acceptors (Lipinski definition) is 4. The number of methoxy groups -OCH3 is 1. The van der Waals surface area contributed by atoms with Crippen LogP contribution in [0.2, 0.25) is 0 Å². The lowest BCUT2D eigenvalue weighted by atomic mass is 10.1. The standard InChI is InChI=1S/C20H24N4O/c1-15-20-21-13-18(9-12-25-2)24(20)11-10-23(15)14-17-8-7-16-5-3-4-6-19(16)22-17/h3-8,13,15H,9-12,14H2,1-2H3/t15-/m1/s1. The van der Waals surface area contributed by atoms with Gasteiger partial charge < -0.3 is 9.30 Å². The zero-order chi connectivity index (χ0) is 17.2. The van der Waals surface area contributed by atoms with Crippen LogP contribution in [0.3, 0.4) is 0 Å². The molecule has 0 aliphatic carbocycles. The lowest BCUT2D eigenvalue weighted by Crippen LogP contribution is -2.37. The van der Waals surface area contributed by atoms with E-state index in [1.165, 1.54) is 11.1 Å². The first kappa shape index (κ1) is 16.2. The minimum atomic E-state index is 0.290. The number of pyridine rings is 1. The molecule has 0 amide bonds. The summed E-state index contributed by atoms with van der Waals surface area (Å²) in [5, 5.41) is 1.19. The van der Waals surface area contributed by atoms with Crippen LogP contribution in [0.1, 0.15) is 30.2 Å². The van der Waals surface area contributed by atoms with Crippen LogP contribution < -0.4 is 0 Å². The Labute approximate surface area is 148 Å². The number of imidazole rings is 1. The number of rotatable bonds is 5. The Balaban J connectivity index is 1.52. The summed E-state index contributed by atoms with van der Waals surface area (Å²) in [6.07, 6.45) is 2.92. The second kappa shape index (κ2) is 6.94. The van der Waals surface area contributed by atoms with Gasteiger partial charge in [-0.15, -0.1) is 0 Å². The minimum Gasteiger partial charge on any atom is -0.384 e. The van der Waals surface area contributed by atoms with Crippen LogP contribution in [-0.2, 0) is 24.2 Å². The van der Waals surface area contributed by atoms with Crippen LogP contribution in [-0.4, -0.2) is 39.7 Å². The van der Waals surface area contributed by atoms with Crippen LogP contribution in [0.5, 0.6) is 0 Å². The molecule has 4 rings (SSSR count). The molecule has 0 spiro atoms. The average molecular weight is 336 g/mol. The highest BCUT2D eigenvalue weighted by Gasteiger charge is 2.27. The molecule has 5 heteroatoms. The largest absolute Gasteiger partial charge is 0.384 e. The Kier molecular flexibility index (Phi) is 4.51. The van der Waals surface area contributed by atoms with E-state index in [9.17, 15) is 0 Å². The van der Waals surface area contributed by atoms with Gasteiger partial charge in [0.05, 0.1) is 23.9 Å². The molecule has 0 saturated carbocycles. The molecule has 3 heterocycles. The molecule has 0 saturated heterocycles. The Morgan fingerprint density at radius 2 is 2.04 bits per heavy atom. The highest BCUT2D eigenvalue weighted by atomic mass is 16.5. The third-order valence-electron chi connectivity index (χ3n) is 5.08. The maximum absolute atomic E-state index is 5.21. The zero-order valence-corrected chi connectivity index (χ0v) is 14.9. The molecular formula is C20H24N4O. The minimum absolute atomic E-state index is 0.290. The lowest BCUT2D eigenvalue weighted by Gasteiger charge is -2.34. The first-order chi connectivity index (χ1) is 12.3. The molecule has 1 atom stereocenters. The van der Waals surface area contributed by atoms with Crippen LogP contribution in [0, 0.1) is 0 Å². The Bertz CT molecular complexity index is 873. The van der Waals surface area contributed by atoms with E-state index in [4.69, 9.17) is 9.72 Å². The summed E-state index contributed by atoms with van der Waals surface area (Å²) < 4.78 is 7.56. The highest BCUT2D eigenvalue weighted by Crippen LogP contribution is 2.27. The normalized spacial score (nSPS) is 17.8. The van der Waals surface area contributed by atoms with Crippen molar-refractivity contribution in [1.82, 2.24) is 19.4 Å². The molecule has 1 aliphatic heterocycles. The van der Waals surface area contributed by atoms with Crippen molar-refractivity contribution < 1.29 is 4.74 Å². The molecular weight excluding hydrogens is 312 g/mol. The van der Waals surface area contributed by atoms with E-state index in [0.29, 0.717) is 6.04 Å². The number of aromatic nitrogens is 3. The average Bonchev–Trinajstić information content (AvgIpc) is 3.06. The maximum atomic E-state index is 5.21. The fourth-order valence-electron chi connectivity index (χ4n) is 3.63. The summed E-state index contributed by atoms with van der Waals surface area (Å²) in [6.45, 7) is 5.82. The Morgan fingerprint density at radius 1 is 1.16 bits per heavy atom. The molecule has 1 aliphatic rings. The monoisotopic (exact) mass is 336 g/mol. The van der Waals surface area contributed by atoms with Gasteiger partial charge in [0.2, 0.25) is 0 Å². The SMILES string of the molecule is COCCc1cnc2n1CCN(Cc1ccc3ccccc3n1)[C@@H]2C. The second-order valence-corrected chi connectivity index (χ2v) is 6.64. The molecule has 2 aromatic heterocycles. The smallest absolute Gasteiger partial charge is 0.126 e. The molecule has 1 aromatic carbocycles. The van der Waals surface area contributed by atoms with E-state index < -0.39 is 0 Å². The van der Waals surface area contributed by atoms with E-state index in [1.54, 1.807) is 7.11 Å². The predicted octanol–water partition coefficient (Wildman–Crippen LogP) is 3.20. The summed E-state index contributed by atoms with van der Waals surface area (Å²) in [5.41, 5.74) is 3.45. The van der Waals surface area contributed by atoms with Gasteiger partial charge in [-0.1, -0.05) is 24.3 Å². The van der Waals surface area contributed by atoms with E-state index >= 15 is 0 Å². The molecule has 0 N–H and O–H groups in total. The van der Waals surface area contributed by atoms with Crippen LogP contribution in [0.25, 0.3) is 10.9 Å². The maximum Gasteiger partial charge on any atom is 0.126 e. The number of ether oxygens (including phenoxy) is 1. The van der Waals surface area contributed by atoms with Crippen LogP contribution in [0.15, 0.2) is 42.6 Å². The molecule has 3 aromatic rings. The van der Waals surface area contributed by atoms with Gasteiger partial charge in [0.15, 0.2) is 0 Å². The molecule has 130 valence electrons. The fraction of sp³-hybridized carbons (Fsp3) is 0.400. The fourth-order valence-corrected chi connectivity index (χ4v) is 3.63. The number of hydrogen-bond donors (Lipinski definition) is 0. The zero-order valence-electron chi connectivity index (χ0n) is 14.9. The molecule has 5 nitrogen and oxygen atoms in total. The van der Waals surface area contributed by atoms with E-state index in [-0.39, 0.29) is 0 Å². The summed E-state index contributed by atoms with van der Waals surface area (Å²) in [4.78, 5) is 12.0. The third kappa shape index (κ3) is 3.17. The Hall–Kier alpha value is -2.24. The van der Waals surface area contributed by atoms with Gasteiger partial charge in [0.25, 0.3) is 0 Å². The van der Waals surface area contributed by atoms with Gasteiger partial charge in [-0.3, -0.25) is 9.88 Å². The summed E-state index contributed by atoms with van der Waals surface area (Å²) >= 11 is 0. The second-order valence-electron chi connectivity index (χ2n) is 6.64. The number of para-hydroxylation sites is 1. The molecule has 0 unspecified atom stereocenters. The first-order valence-corrected chi connectivity index (χ1v) is 8.88. The topological polar surface area (TPSA) is 43.2 Å². The summed E-state index contributed by atoms with van der Waals surface area (Å²) in [5.74, 6) is 1.15. The Morgan fingerprint density at radius 3 is 2.92 bits per heavy atom. The third-order valence-corrected chi connectivity index (χ3v) is 5.08. The highest BCUT2D eigenvalue weighted by molar-refractivity contribution is 5.78. The van der Waals surface area contributed by atoms with Crippen molar-refractivity contribution in [2.24, 2.45) is 0 Å². The van der Waals surface area contributed by atoms with Gasteiger partial charge in [0.1, 0.15) is 5.82 Å². The van der Waals surface area contributed by atoms with Gasteiger partial charge >= 0.3 is 0 Å². The van der Waals surface area contributed by atoms with Crippen molar-refractivity contribution in [1.29, 1.82) is 0 Å². The molecule has 0 bridgehead atoms. The molecule has 0 radical (unpaired) electrons. The van der Waals surface area contributed by atoms with Crippen molar-refractivity contribution in [3.05, 3.63) is 59.8 Å². The quantitative estimate of drug-likeness (QED) is 0.718. The van der Waals surface area contributed by atoms with Crippen LogP contribution in [0.4, 0.5) is 0 Å². The number of fused-ring (bicyclic) bond motifs is 2. The van der Waals surface area contributed by atoms with Crippen molar-refractivity contribution in [3.8, 4) is 0 Å². The van der Waals surface area contributed by atoms with E-state index in [2.05, 4.69) is 51.7 Å². The van der Waals surface area contributed by atoms with Gasteiger partial charge in [-0.25, -0.2) is 4.98 Å². The predicted molar refractivity (Wildman–Crippen MR) is 98.4 cm³/mol. The lowest BCUT2D eigenvalue weighted by molar-refractivity contribution is 0.151. The first-order valence-electron chi connectivity index (χ1n) is 8.88. The van der Waals surface area contributed by atoms with E-state index in [1.807, 2.05) is 12.3 Å². The van der Waals surface area contributed by atoms with Crippen molar-refractivity contribution in [2.45, 2.75) is 32.5 Å². The van der Waals surface area contributed by atoms with Crippen LogP contribution >= 0.6 is 0 Å². The van der Waals surface area contributed by atoms with Crippen molar-refractivity contribution in [2.75, 3.05) is 20.3 Å². The van der Waals surface area contributed by atoms with Crippen molar-refractivity contribution in [3.63, 3.8) is 0 Å². The summed E-state index contributed by atoms with van der Waals surface area (Å²) in [7, 11) is 1.74. The van der Waals surface area contributed by atoms with Gasteiger partial charge in [0, 0.05) is 50.4 Å². The summed E-state index contributed by atoms with van der Waals surface area (Å²) in [6, 6.07) is 12.9. The molecule has 25 heavy (non-hydrogen) atoms. The number of nitrogens with zero attached hydrogens (tertiary/aromatic N) is 4. The number of benzene rings is 1. The van der Waals surface area contributed by atoms with Gasteiger partial charge in [-0.2, -0.15) is 0 Å². The van der Waals surface area contributed by atoms with E-state index in [0.717, 1.165) is 49.7 Å². The van der Waals surface area contributed by atoms with Gasteiger partial charge in [-0.05, 0) is 19.1 Å². The molecule has 0 fully saturated rings. The van der Waals surface area contributed by atoms with Crippen molar-refractivity contribution >= 4 is 10.9 Å².